The molecule has 0 aromatic carbocycles. The highest BCUT2D eigenvalue weighted by atomic mass is 16.1. The highest BCUT2D eigenvalue weighted by Crippen LogP contribution is 2.56. The molecule has 0 heterocycles. The molecule has 2 rings (SSSR count). The van der Waals surface area contributed by atoms with E-state index >= 15 is 0 Å². The molecule has 0 spiro atoms. The molecule has 1 heteroatoms. The number of aldehydes is 1. The monoisotopic (exact) mass is 234 g/mol. The third-order valence-electron chi connectivity index (χ3n) is 5.51. The molecule has 0 bridgehead atoms. The Balaban J connectivity index is 2.34. The first kappa shape index (κ1) is 12.9. The van der Waals surface area contributed by atoms with Crippen LogP contribution in [0.5, 0.6) is 0 Å². The molecule has 17 heavy (non-hydrogen) atoms. The van der Waals surface area contributed by atoms with E-state index in [2.05, 4.69) is 33.8 Å². The van der Waals surface area contributed by atoms with Gasteiger partial charge in [0.1, 0.15) is 6.29 Å². The summed E-state index contributed by atoms with van der Waals surface area (Å²) >= 11 is 0. The molecule has 0 N–H and O–H groups in total. The molecule has 3 unspecified atom stereocenters. The van der Waals surface area contributed by atoms with E-state index < -0.39 is 0 Å². The maximum absolute atomic E-state index is 10.9. The van der Waals surface area contributed by atoms with E-state index in [1.807, 2.05) is 0 Å². The molecule has 0 aliphatic heterocycles. The average Bonchev–Trinajstić information content (AvgIpc) is 2.23. The van der Waals surface area contributed by atoms with Crippen molar-refractivity contribution in [3.05, 3.63) is 11.6 Å². The second-order valence-electron chi connectivity index (χ2n) is 7.12. The van der Waals surface area contributed by atoms with E-state index in [1.54, 1.807) is 5.57 Å². The van der Waals surface area contributed by atoms with Crippen molar-refractivity contribution in [2.75, 3.05) is 0 Å². The van der Waals surface area contributed by atoms with E-state index in [-0.39, 0.29) is 5.41 Å². The summed E-state index contributed by atoms with van der Waals surface area (Å²) in [6, 6.07) is 0. The van der Waals surface area contributed by atoms with Gasteiger partial charge in [0, 0.05) is 6.42 Å². The SMILES string of the molecule is CC1C2C(=CCC1(C)CC=O)CCCC2(C)C. The van der Waals surface area contributed by atoms with Crippen LogP contribution in [-0.2, 0) is 4.79 Å². The van der Waals surface area contributed by atoms with Crippen molar-refractivity contribution >= 4 is 6.29 Å². The summed E-state index contributed by atoms with van der Waals surface area (Å²) in [5, 5.41) is 0. The van der Waals surface area contributed by atoms with Gasteiger partial charge in [-0.1, -0.05) is 39.3 Å². The van der Waals surface area contributed by atoms with Crippen molar-refractivity contribution in [1.82, 2.24) is 0 Å². The maximum Gasteiger partial charge on any atom is 0.120 e. The van der Waals surface area contributed by atoms with Crippen LogP contribution in [-0.4, -0.2) is 6.29 Å². The lowest BCUT2D eigenvalue weighted by Gasteiger charge is -2.52. The number of carbonyl (C=O) groups is 1. The lowest BCUT2D eigenvalue weighted by Crippen LogP contribution is -2.44. The molecule has 0 aromatic rings. The smallest absolute Gasteiger partial charge is 0.120 e. The van der Waals surface area contributed by atoms with Crippen LogP contribution in [0.3, 0.4) is 0 Å². The summed E-state index contributed by atoms with van der Waals surface area (Å²) in [5.41, 5.74) is 2.27. The lowest BCUT2D eigenvalue weighted by molar-refractivity contribution is -0.111. The first-order valence-electron chi connectivity index (χ1n) is 7.03. The van der Waals surface area contributed by atoms with Gasteiger partial charge in [0.15, 0.2) is 0 Å². The Morgan fingerprint density at radius 2 is 2.12 bits per heavy atom. The lowest BCUT2D eigenvalue weighted by atomic mass is 9.52. The molecule has 0 aromatic heterocycles. The predicted octanol–water partition coefficient (Wildman–Crippen LogP) is 4.37. The van der Waals surface area contributed by atoms with Crippen LogP contribution in [0.15, 0.2) is 11.6 Å². The van der Waals surface area contributed by atoms with Gasteiger partial charge in [-0.05, 0) is 48.3 Å². The largest absolute Gasteiger partial charge is 0.303 e. The summed E-state index contributed by atoms with van der Waals surface area (Å²) < 4.78 is 0. The normalized spacial score (nSPS) is 40.4. The van der Waals surface area contributed by atoms with Crippen molar-refractivity contribution in [2.24, 2.45) is 22.7 Å². The molecular formula is C16H26O. The van der Waals surface area contributed by atoms with Crippen LogP contribution in [0.4, 0.5) is 0 Å². The fourth-order valence-corrected chi connectivity index (χ4v) is 4.20. The van der Waals surface area contributed by atoms with Gasteiger partial charge in [0.25, 0.3) is 0 Å². The van der Waals surface area contributed by atoms with Crippen LogP contribution in [0.2, 0.25) is 0 Å². The molecule has 1 saturated carbocycles. The van der Waals surface area contributed by atoms with Crippen molar-refractivity contribution < 1.29 is 4.79 Å². The summed E-state index contributed by atoms with van der Waals surface area (Å²) in [5.74, 6) is 1.32. The van der Waals surface area contributed by atoms with Crippen molar-refractivity contribution in [3.63, 3.8) is 0 Å². The second-order valence-corrected chi connectivity index (χ2v) is 7.12. The fourth-order valence-electron chi connectivity index (χ4n) is 4.20. The topological polar surface area (TPSA) is 17.1 Å². The van der Waals surface area contributed by atoms with Crippen molar-refractivity contribution in [1.29, 1.82) is 0 Å². The Hall–Kier alpha value is -0.590. The van der Waals surface area contributed by atoms with Crippen LogP contribution in [0, 0.1) is 22.7 Å². The number of fused-ring (bicyclic) bond motifs is 1. The van der Waals surface area contributed by atoms with Gasteiger partial charge in [-0.2, -0.15) is 0 Å². The Morgan fingerprint density at radius 3 is 2.76 bits per heavy atom. The minimum absolute atomic E-state index is 0.185. The summed E-state index contributed by atoms with van der Waals surface area (Å²) in [6.07, 6.45) is 9.33. The molecule has 0 saturated heterocycles. The Morgan fingerprint density at radius 1 is 1.41 bits per heavy atom. The van der Waals surface area contributed by atoms with Crippen LogP contribution < -0.4 is 0 Å². The third kappa shape index (κ3) is 2.09. The maximum atomic E-state index is 10.9. The number of rotatable bonds is 2. The summed E-state index contributed by atoms with van der Waals surface area (Å²) in [7, 11) is 0. The minimum atomic E-state index is 0.185. The molecule has 1 fully saturated rings. The van der Waals surface area contributed by atoms with E-state index in [4.69, 9.17) is 0 Å². The van der Waals surface area contributed by atoms with Gasteiger partial charge in [-0.3, -0.25) is 0 Å². The average molecular weight is 234 g/mol. The molecule has 2 aliphatic rings. The van der Waals surface area contributed by atoms with Crippen molar-refractivity contribution in [2.45, 2.75) is 59.8 Å². The number of allylic oxidation sites excluding steroid dienone is 2. The molecule has 3 atom stereocenters. The number of hydrogen-bond donors (Lipinski definition) is 0. The summed E-state index contributed by atoms with van der Waals surface area (Å²) in [6.45, 7) is 9.49. The Kier molecular flexibility index (Phi) is 3.22. The standard InChI is InChI=1S/C16H26O/c1-12-14-13(6-5-8-15(14,2)3)7-9-16(12,4)10-11-17/h7,11-12,14H,5-6,8-10H2,1-4H3. The quantitative estimate of drug-likeness (QED) is 0.512. The molecule has 2 aliphatic carbocycles. The van der Waals surface area contributed by atoms with E-state index in [0.29, 0.717) is 23.7 Å². The highest BCUT2D eigenvalue weighted by Gasteiger charge is 2.47. The number of hydrogen-bond acceptors (Lipinski definition) is 1. The zero-order chi connectivity index (χ0) is 12.7. The van der Waals surface area contributed by atoms with E-state index in [0.717, 1.165) is 12.7 Å². The Bertz CT molecular complexity index is 339. The van der Waals surface area contributed by atoms with Gasteiger partial charge in [-0.15, -0.1) is 0 Å². The zero-order valence-corrected chi connectivity index (χ0v) is 11.8. The first-order valence-corrected chi connectivity index (χ1v) is 7.03. The first-order chi connectivity index (χ1) is 7.91. The molecular weight excluding hydrogens is 208 g/mol. The molecule has 0 radical (unpaired) electrons. The van der Waals surface area contributed by atoms with Gasteiger partial charge in [0.2, 0.25) is 0 Å². The minimum Gasteiger partial charge on any atom is -0.303 e. The summed E-state index contributed by atoms with van der Waals surface area (Å²) in [4.78, 5) is 10.9. The molecule has 96 valence electrons. The Labute approximate surface area is 106 Å². The fraction of sp³-hybridized carbons (Fsp3) is 0.812. The van der Waals surface area contributed by atoms with Gasteiger partial charge in [0.05, 0.1) is 0 Å². The zero-order valence-electron chi connectivity index (χ0n) is 11.8. The highest BCUT2D eigenvalue weighted by molar-refractivity contribution is 5.51. The van der Waals surface area contributed by atoms with Crippen LogP contribution >= 0.6 is 0 Å². The molecule has 0 amide bonds. The number of carbonyl (C=O) groups excluding carboxylic acids is 1. The van der Waals surface area contributed by atoms with E-state index in [9.17, 15) is 4.79 Å². The van der Waals surface area contributed by atoms with E-state index in [1.165, 1.54) is 19.3 Å². The van der Waals surface area contributed by atoms with Gasteiger partial charge < -0.3 is 4.79 Å². The van der Waals surface area contributed by atoms with Gasteiger partial charge >= 0.3 is 0 Å². The van der Waals surface area contributed by atoms with Crippen molar-refractivity contribution in [3.8, 4) is 0 Å². The second kappa shape index (κ2) is 4.26. The molecule has 1 nitrogen and oxygen atoms in total. The van der Waals surface area contributed by atoms with Crippen LogP contribution in [0.25, 0.3) is 0 Å². The van der Waals surface area contributed by atoms with Gasteiger partial charge in [-0.25, -0.2) is 0 Å². The predicted molar refractivity (Wildman–Crippen MR) is 71.8 cm³/mol. The van der Waals surface area contributed by atoms with Crippen LogP contribution in [0.1, 0.15) is 59.8 Å². The third-order valence-corrected chi connectivity index (χ3v) is 5.51.